The van der Waals surface area contributed by atoms with Crippen LogP contribution in [0, 0.1) is 0 Å². The van der Waals surface area contributed by atoms with Crippen molar-refractivity contribution in [2.75, 3.05) is 24.5 Å². The highest BCUT2D eigenvalue weighted by Crippen LogP contribution is 2.23. The van der Waals surface area contributed by atoms with Crippen molar-refractivity contribution < 1.29 is 19.2 Å². The summed E-state index contributed by atoms with van der Waals surface area (Å²) in [5.74, 6) is -0.528. The number of hydrogen-bond donors (Lipinski definition) is 2. The Hall–Kier alpha value is -2.91. The Morgan fingerprint density at radius 2 is 1.68 bits per heavy atom. The Kier molecular flexibility index (Phi) is 7.53. The van der Waals surface area contributed by atoms with Gasteiger partial charge in [0.25, 0.3) is 11.8 Å². The zero-order valence-corrected chi connectivity index (χ0v) is 20.5. The van der Waals surface area contributed by atoms with E-state index in [1.807, 2.05) is 0 Å². The Balaban J connectivity index is 1.44. The second-order valence-electron chi connectivity index (χ2n) is 8.47. The van der Waals surface area contributed by atoms with Crippen LogP contribution in [0.25, 0.3) is 0 Å². The highest BCUT2D eigenvalue weighted by molar-refractivity contribution is 7.18. The lowest BCUT2D eigenvalue weighted by atomic mass is 10.1. The molecule has 8 nitrogen and oxygen atoms in total. The standard InChI is InChI=1S/C24H27ClN4O4S/c1-2-21(30)28-13-17(18(14-28)27-24(33)19-10-11-20(25)34-19)26-23(32)15-6-8-16(9-7-15)29-12-4-3-5-22(29)31/h6-11,17-18H,2-5,12-14H2,1H3,(H,26,32)(H,27,33). The van der Waals surface area contributed by atoms with E-state index in [1.165, 1.54) is 11.3 Å². The first-order valence-electron chi connectivity index (χ1n) is 11.4. The number of carbonyl (C=O) groups is 4. The first-order valence-corrected chi connectivity index (χ1v) is 12.6. The van der Waals surface area contributed by atoms with E-state index in [1.54, 1.807) is 53.1 Å². The number of likely N-dealkylation sites (tertiary alicyclic amines) is 1. The summed E-state index contributed by atoms with van der Waals surface area (Å²) in [5, 5.41) is 5.91. The molecule has 0 spiro atoms. The number of benzene rings is 1. The molecule has 4 rings (SSSR count). The molecule has 0 aliphatic carbocycles. The predicted octanol–water partition coefficient (Wildman–Crippen LogP) is 3.07. The van der Waals surface area contributed by atoms with Gasteiger partial charge in [0.2, 0.25) is 11.8 Å². The number of thiophene rings is 1. The molecule has 4 amide bonds. The summed E-state index contributed by atoms with van der Waals surface area (Å²) in [7, 11) is 0. The molecule has 2 aliphatic heterocycles. The first kappa shape index (κ1) is 24.2. The van der Waals surface area contributed by atoms with Crippen LogP contribution in [0.3, 0.4) is 0 Å². The average molecular weight is 503 g/mol. The third-order valence-corrected chi connectivity index (χ3v) is 7.40. The molecule has 2 fully saturated rings. The van der Waals surface area contributed by atoms with Crippen molar-refractivity contribution in [2.24, 2.45) is 0 Å². The van der Waals surface area contributed by atoms with Crippen LogP contribution in [-0.2, 0) is 9.59 Å². The van der Waals surface area contributed by atoms with Crippen molar-refractivity contribution in [1.29, 1.82) is 0 Å². The fourth-order valence-corrected chi connectivity index (χ4v) is 5.27. The van der Waals surface area contributed by atoms with Crippen molar-refractivity contribution >= 4 is 52.3 Å². The van der Waals surface area contributed by atoms with Gasteiger partial charge in [0, 0.05) is 43.7 Å². The van der Waals surface area contributed by atoms with Gasteiger partial charge in [-0.3, -0.25) is 19.2 Å². The van der Waals surface area contributed by atoms with E-state index in [0.29, 0.717) is 47.3 Å². The zero-order chi connectivity index (χ0) is 24.2. The number of rotatable bonds is 6. The summed E-state index contributed by atoms with van der Waals surface area (Å²) >= 11 is 7.12. The third kappa shape index (κ3) is 5.42. The number of amides is 4. The number of nitrogens with zero attached hydrogens (tertiary/aromatic N) is 2. The average Bonchev–Trinajstić information content (AvgIpc) is 3.45. The van der Waals surface area contributed by atoms with Gasteiger partial charge in [0.15, 0.2) is 0 Å². The number of halogens is 1. The minimum absolute atomic E-state index is 0.0364. The quantitative estimate of drug-likeness (QED) is 0.634. The Morgan fingerprint density at radius 1 is 1.00 bits per heavy atom. The van der Waals surface area contributed by atoms with Gasteiger partial charge in [0.05, 0.1) is 21.3 Å². The lowest BCUT2D eigenvalue weighted by molar-refractivity contribution is -0.129. The topological polar surface area (TPSA) is 98.8 Å². The van der Waals surface area contributed by atoms with Gasteiger partial charge < -0.3 is 20.4 Å². The number of carbonyl (C=O) groups excluding carboxylic acids is 4. The van der Waals surface area contributed by atoms with Gasteiger partial charge in [0.1, 0.15) is 0 Å². The third-order valence-electron chi connectivity index (χ3n) is 6.17. The number of nitrogens with one attached hydrogen (secondary N) is 2. The van der Waals surface area contributed by atoms with Crippen LogP contribution >= 0.6 is 22.9 Å². The molecule has 0 bridgehead atoms. The number of piperidine rings is 1. The van der Waals surface area contributed by atoms with Gasteiger partial charge in [-0.15, -0.1) is 11.3 Å². The summed E-state index contributed by atoms with van der Waals surface area (Å²) in [5.41, 5.74) is 1.23. The SMILES string of the molecule is CCC(=O)N1CC(NC(=O)c2ccc(N3CCCCC3=O)cc2)C(NC(=O)c2ccc(Cl)s2)C1. The maximum absolute atomic E-state index is 13.0. The molecule has 2 N–H and O–H groups in total. The molecular formula is C24H27ClN4O4S. The maximum Gasteiger partial charge on any atom is 0.261 e. The van der Waals surface area contributed by atoms with E-state index >= 15 is 0 Å². The molecule has 2 aliphatic rings. The minimum Gasteiger partial charge on any atom is -0.345 e. The van der Waals surface area contributed by atoms with Crippen LogP contribution in [0.1, 0.15) is 52.6 Å². The smallest absolute Gasteiger partial charge is 0.261 e. The van der Waals surface area contributed by atoms with Gasteiger partial charge in [-0.1, -0.05) is 18.5 Å². The lowest BCUT2D eigenvalue weighted by Crippen LogP contribution is -2.50. The van der Waals surface area contributed by atoms with E-state index < -0.39 is 12.1 Å². The molecule has 0 saturated carbocycles. The van der Waals surface area contributed by atoms with Gasteiger partial charge in [-0.25, -0.2) is 0 Å². The minimum atomic E-state index is -0.439. The Labute approximate surface area is 207 Å². The molecule has 2 unspecified atom stereocenters. The summed E-state index contributed by atoms with van der Waals surface area (Å²) in [4.78, 5) is 54.0. The fraction of sp³-hybridized carbons (Fsp3) is 0.417. The van der Waals surface area contributed by atoms with E-state index in [9.17, 15) is 19.2 Å². The van der Waals surface area contributed by atoms with Crippen molar-refractivity contribution in [3.05, 3.63) is 51.2 Å². The van der Waals surface area contributed by atoms with Gasteiger partial charge in [-0.05, 0) is 49.2 Å². The molecule has 180 valence electrons. The van der Waals surface area contributed by atoms with Crippen LogP contribution < -0.4 is 15.5 Å². The predicted molar refractivity (Wildman–Crippen MR) is 131 cm³/mol. The number of anilines is 1. The van der Waals surface area contributed by atoms with Crippen molar-refractivity contribution in [2.45, 2.75) is 44.7 Å². The largest absolute Gasteiger partial charge is 0.345 e. The number of hydrogen-bond acceptors (Lipinski definition) is 5. The second-order valence-corrected chi connectivity index (χ2v) is 10.2. The fourth-order valence-electron chi connectivity index (χ4n) is 4.32. The summed E-state index contributed by atoms with van der Waals surface area (Å²) in [6.45, 7) is 3.10. The molecular weight excluding hydrogens is 476 g/mol. The van der Waals surface area contributed by atoms with Crippen molar-refractivity contribution in [3.8, 4) is 0 Å². The first-order chi connectivity index (χ1) is 16.4. The molecule has 10 heteroatoms. The maximum atomic E-state index is 13.0. The molecule has 1 aromatic carbocycles. The molecule has 3 heterocycles. The van der Waals surface area contributed by atoms with Crippen LogP contribution in [0.4, 0.5) is 5.69 Å². The van der Waals surface area contributed by atoms with Crippen LogP contribution in [0.15, 0.2) is 36.4 Å². The lowest BCUT2D eigenvalue weighted by Gasteiger charge is -2.27. The van der Waals surface area contributed by atoms with E-state index in [4.69, 9.17) is 11.6 Å². The molecule has 34 heavy (non-hydrogen) atoms. The Morgan fingerprint density at radius 3 is 2.26 bits per heavy atom. The highest BCUT2D eigenvalue weighted by atomic mass is 35.5. The molecule has 1 aromatic heterocycles. The summed E-state index contributed by atoms with van der Waals surface area (Å²) in [6.07, 6.45) is 2.76. The van der Waals surface area contributed by atoms with Crippen LogP contribution in [0.2, 0.25) is 4.34 Å². The molecule has 2 atom stereocenters. The van der Waals surface area contributed by atoms with Gasteiger partial charge in [-0.2, -0.15) is 0 Å². The molecule has 2 saturated heterocycles. The molecule has 2 aromatic rings. The highest BCUT2D eigenvalue weighted by Gasteiger charge is 2.37. The molecule has 0 radical (unpaired) electrons. The van der Waals surface area contributed by atoms with E-state index in [2.05, 4.69) is 10.6 Å². The van der Waals surface area contributed by atoms with E-state index in [0.717, 1.165) is 18.5 Å². The summed E-state index contributed by atoms with van der Waals surface area (Å²) < 4.78 is 0.513. The van der Waals surface area contributed by atoms with E-state index in [-0.39, 0.29) is 23.6 Å². The van der Waals surface area contributed by atoms with Gasteiger partial charge >= 0.3 is 0 Å². The normalized spacial score (nSPS) is 20.4. The Bertz CT molecular complexity index is 1090. The zero-order valence-electron chi connectivity index (χ0n) is 18.9. The van der Waals surface area contributed by atoms with Crippen LogP contribution in [-0.4, -0.2) is 60.2 Å². The van der Waals surface area contributed by atoms with Crippen molar-refractivity contribution in [1.82, 2.24) is 15.5 Å². The van der Waals surface area contributed by atoms with Crippen molar-refractivity contribution in [3.63, 3.8) is 0 Å². The summed E-state index contributed by atoms with van der Waals surface area (Å²) in [6, 6.07) is 9.37. The van der Waals surface area contributed by atoms with Crippen LogP contribution in [0.5, 0.6) is 0 Å². The monoisotopic (exact) mass is 502 g/mol. The second kappa shape index (κ2) is 10.6.